The molecule has 0 spiro atoms. The number of thioether (sulfide) groups is 1. The lowest BCUT2D eigenvalue weighted by Gasteiger charge is -1.93. The third-order valence-electron chi connectivity index (χ3n) is 0.883. The Morgan fingerprint density at radius 1 is 1.70 bits per heavy atom. The van der Waals surface area contributed by atoms with Gasteiger partial charge in [-0.25, -0.2) is 0 Å². The van der Waals surface area contributed by atoms with Crippen LogP contribution in [0.4, 0.5) is 0 Å². The molecule has 3 heteroatoms. The first-order valence-electron chi connectivity index (χ1n) is 3.21. The van der Waals surface area contributed by atoms with Crippen LogP contribution in [0.1, 0.15) is 19.8 Å². The lowest BCUT2D eigenvalue weighted by molar-refractivity contribution is -0.114. The van der Waals surface area contributed by atoms with E-state index in [0.29, 0.717) is 12.2 Å². The van der Waals surface area contributed by atoms with E-state index in [2.05, 4.69) is 6.07 Å². The van der Waals surface area contributed by atoms with Gasteiger partial charge in [0.1, 0.15) is 5.78 Å². The minimum absolute atomic E-state index is 0.210. The zero-order chi connectivity index (χ0) is 7.82. The van der Waals surface area contributed by atoms with E-state index in [0.717, 1.165) is 12.2 Å². The fraction of sp³-hybridized carbons (Fsp3) is 0.714. The van der Waals surface area contributed by atoms with E-state index < -0.39 is 0 Å². The number of Topliss-reactive ketones (excluding diaryl/α,β-unsaturated/α-hetero) is 1. The Kier molecular flexibility index (Phi) is 6.30. The molecule has 0 atom stereocenters. The predicted octanol–water partition coefficient (Wildman–Crippen LogP) is 1.61. The standard InChI is InChI=1S/C7H11NOS/c1-7(9)6-10-5-3-2-4-8/h2-3,5-6H2,1H3. The maximum atomic E-state index is 10.4. The van der Waals surface area contributed by atoms with Crippen molar-refractivity contribution in [3.8, 4) is 6.07 Å². The summed E-state index contributed by atoms with van der Waals surface area (Å²) in [5, 5.41) is 8.15. The van der Waals surface area contributed by atoms with Gasteiger partial charge in [0.2, 0.25) is 0 Å². The van der Waals surface area contributed by atoms with Gasteiger partial charge in [-0.2, -0.15) is 17.0 Å². The Hall–Kier alpha value is -0.490. The summed E-state index contributed by atoms with van der Waals surface area (Å²) in [6.07, 6.45) is 1.50. The summed E-state index contributed by atoms with van der Waals surface area (Å²) in [4.78, 5) is 10.4. The van der Waals surface area contributed by atoms with E-state index in [9.17, 15) is 4.79 Å². The first-order valence-corrected chi connectivity index (χ1v) is 4.37. The molecule has 0 aromatic carbocycles. The third kappa shape index (κ3) is 7.51. The maximum Gasteiger partial charge on any atom is 0.139 e. The second-order valence-corrected chi connectivity index (χ2v) is 3.12. The fourth-order valence-corrected chi connectivity index (χ4v) is 1.25. The monoisotopic (exact) mass is 157 g/mol. The Balaban J connectivity index is 2.92. The van der Waals surface area contributed by atoms with E-state index in [-0.39, 0.29) is 5.78 Å². The molecule has 0 unspecified atom stereocenters. The van der Waals surface area contributed by atoms with Gasteiger partial charge in [0.15, 0.2) is 0 Å². The molecule has 0 aliphatic rings. The molecular weight excluding hydrogens is 146 g/mol. The number of hydrogen-bond donors (Lipinski definition) is 0. The summed E-state index contributed by atoms with van der Waals surface area (Å²) in [5.41, 5.74) is 0. The van der Waals surface area contributed by atoms with Crippen LogP contribution in [-0.2, 0) is 4.79 Å². The van der Waals surface area contributed by atoms with Gasteiger partial charge in [-0.1, -0.05) is 0 Å². The van der Waals surface area contributed by atoms with Crippen molar-refractivity contribution in [2.75, 3.05) is 11.5 Å². The van der Waals surface area contributed by atoms with E-state index >= 15 is 0 Å². The molecule has 0 saturated heterocycles. The van der Waals surface area contributed by atoms with E-state index in [1.54, 1.807) is 18.7 Å². The van der Waals surface area contributed by atoms with Crippen molar-refractivity contribution in [2.24, 2.45) is 0 Å². The molecule has 0 heterocycles. The third-order valence-corrected chi connectivity index (χ3v) is 2.07. The number of nitriles is 1. The Labute approximate surface area is 65.6 Å². The summed E-state index contributed by atoms with van der Waals surface area (Å²) in [6.45, 7) is 1.58. The highest BCUT2D eigenvalue weighted by Gasteiger charge is 1.92. The van der Waals surface area contributed by atoms with Crippen LogP contribution in [-0.4, -0.2) is 17.3 Å². The fourth-order valence-electron chi connectivity index (χ4n) is 0.469. The Morgan fingerprint density at radius 2 is 2.40 bits per heavy atom. The van der Waals surface area contributed by atoms with Crippen LogP contribution >= 0.6 is 11.8 Å². The highest BCUT2D eigenvalue weighted by atomic mass is 32.2. The minimum atomic E-state index is 0.210. The average Bonchev–Trinajstić information content (AvgIpc) is 1.87. The van der Waals surface area contributed by atoms with Crippen molar-refractivity contribution in [3.63, 3.8) is 0 Å². The number of nitrogens with zero attached hydrogens (tertiary/aromatic N) is 1. The van der Waals surface area contributed by atoms with Gasteiger partial charge in [0.05, 0.1) is 11.8 Å². The molecule has 0 aromatic rings. The van der Waals surface area contributed by atoms with Crippen molar-refractivity contribution in [3.05, 3.63) is 0 Å². The number of rotatable bonds is 5. The second-order valence-electron chi connectivity index (χ2n) is 2.02. The molecule has 0 amide bonds. The normalized spacial score (nSPS) is 8.80. The molecular formula is C7H11NOS. The van der Waals surface area contributed by atoms with Crippen LogP contribution in [0, 0.1) is 11.3 Å². The smallest absolute Gasteiger partial charge is 0.139 e. The van der Waals surface area contributed by atoms with Crippen molar-refractivity contribution in [2.45, 2.75) is 19.8 Å². The van der Waals surface area contributed by atoms with Gasteiger partial charge in [0.25, 0.3) is 0 Å². The van der Waals surface area contributed by atoms with Crippen LogP contribution in [0.25, 0.3) is 0 Å². The lowest BCUT2D eigenvalue weighted by Crippen LogP contribution is -1.94. The number of hydrogen-bond acceptors (Lipinski definition) is 3. The average molecular weight is 157 g/mol. The largest absolute Gasteiger partial charge is 0.299 e. The van der Waals surface area contributed by atoms with Crippen molar-refractivity contribution >= 4 is 17.5 Å². The number of carbonyl (C=O) groups excluding carboxylic acids is 1. The zero-order valence-corrected chi connectivity index (χ0v) is 6.91. The SMILES string of the molecule is CC(=O)CSCCCC#N. The molecule has 0 rings (SSSR count). The van der Waals surface area contributed by atoms with Crippen molar-refractivity contribution in [1.29, 1.82) is 5.26 Å². The summed E-state index contributed by atoms with van der Waals surface area (Å²) >= 11 is 1.60. The Bertz CT molecular complexity index is 139. The summed E-state index contributed by atoms with van der Waals surface area (Å²) in [7, 11) is 0. The van der Waals surface area contributed by atoms with Gasteiger partial charge in [0, 0.05) is 6.42 Å². The summed E-state index contributed by atoms with van der Waals surface area (Å²) < 4.78 is 0. The highest BCUT2D eigenvalue weighted by Crippen LogP contribution is 2.03. The molecule has 0 aliphatic heterocycles. The first kappa shape index (κ1) is 9.51. The molecule has 10 heavy (non-hydrogen) atoms. The van der Waals surface area contributed by atoms with Crippen LogP contribution in [0.15, 0.2) is 0 Å². The quantitative estimate of drug-likeness (QED) is 0.569. The van der Waals surface area contributed by atoms with Gasteiger partial charge in [-0.05, 0) is 19.1 Å². The number of unbranched alkanes of at least 4 members (excludes halogenated alkanes) is 1. The van der Waals surface area contributed by atoms with Crippen molar-refractivity contribution < 1.29 is 4.79 Å². The molecule has 56 valence electrons. The molecule has 0 aliphatic carbocycles. The highest BCUT2D eigenvalue weighted by molar-refractivity contribution is 7.99. The van der Waals surface area contributed by atoms with Crippen LogP contribution in [0.5, 0.6) is 0 Å². The minimum Gasteiger partial charge on any atom is -0.299 e. The summed E-state index contributed by atoms with van der Waals surface area (Å²) in [5.74, 6) is 1.72. The van der Waals surface area contributed by atoms with E-state index in [4.69, 9.17) is 5.26 Å². The number of carbonyl (C=O) groups is 1. The van der Waals surface area contributed by atoms with E-state index in [1.165, 1.54) is 0 Å². The molecule has 0 radical (unpaired) electrons. The molecule has 0 fully saturated rings. The molecule has 0 saturated carbocycles. The predicted molar refractivity (Wildman–Crippen MR) is 42.9 cm³/mol. The zero-order valence-electron chi connectivity index (χ0n) is 6.09. The van der Waals surface area contributed by atoms with Crippen LogP contribution in [0.2, 0.25) is 0 Å². The topological polar surface area (TPSA) is 40.9 Å². The molecule has 2 nitrogen and oxygen atoms in total. The van der Waals surface area contributed by atoms with Crippen molar-refractivity contribution in [1.82, 2.24) is 0 Å². The lowest BCUT2D eigenvalue weighted by atomic mass is 10.4. The van der Waals surface area contributed by atoms with Crippen LogP contribution < -0.4 is 0 Å². The van der Waals surface area contributed by atoms with Gasteiger partial charge in [-0.15, -0.1) is 0 Å². The summed E-state index contributed by atoms with van der Waals surface area (Å²) in [6, 6.07) is 2.06. The molecule has 0 bridgehead atoms. The van der Waals surface area contributed by atoms with Gasteiger partial charge >= 0.3 is 0 Å². The van der Waals surface area contributed by atoms with Gasteiger partial charge in [-0.3, -0.25) is 4.79 Å². The second kappa shape index (κ2) is 6.63. The molecule has 0 aromatic heterocycles. The van der Waals surface area contributed by atoms with Gasteiger partial charge < -0.3 is 0 Å². The first-order chi connectivity index (χ1) is 4.77. The Morgan fingerprint density at radius 3 is 2.90 bits per heavy atom. The van der Waals surface area contributed by atoms with Crippen LogP contribution in [0.3, 0.4) is 0 Å². The number of ketones is 1. The maximum absolute atomic E-state index is 10.4. The molecule has 0 N–H and O–H groups in total. The van der Waals surface area contributed by atoms with E-state index in [1.807, 2.05) is 0 Å².